The van der Waals surface area contributed by atoms with E-state index in [0.29, 0.717) is 51.0 Å². The number of carbonyl (C=O) groups excluding carboxylic acids is 4. The number of aliphatic imine (C=N–C) groups is 1. The fraction of sp³-hybridized carbons (Fsp3) is 0.607. The quantitative estimate of drug-likeness (QED) is 0.0916. The van der Waals surface area contributed by atoms with Gasteiger partial charge in [-0.3, -0.25) is 29.4 Å². The third kappa shape index (κ3) is 10.7. The highest BCUT2D eigenvalue weighted by Gasteiger charge is 2.36. The van der Waals surface area contributed by atoms with E-state index in [0.717, 1.165) is 5.56 Å². The number of nitrogens with two attached hydrogens (primary N) is 2. The second-order valence-electron chi connectivity index (χ2n) is 10.6. The van der Waals surface area contributed by atoms with E-state index < -0.39 is 35.6 Å². The van der Waals surface area contributed by atoms with Gasteiger partial charge in [-0.2, -0.15) is 0 Å². The highest BCUT2D eigenvalue weighted by atomic mass is 16.5. The first-order chi connectivity index (χ1) is 18.5. The fourth-order valence-corrected chi connectivity index (χ4v) is 4.91. The van der Waals surface area contributed by atoms with Crippen LogP contribution in [-0.4, -0.2) is 53.7 Å². The Hall–Kier alpha value is -3.47. The normalized spacial score (nSPS) is 20.7. The van der Waals surface area contributed by atoms with Gasteiger partial charge in [0, 0.05) is 24.8 Å². The number of fused-ring (bicyclic) bond motifs is 11. The molecule has 2 aliphatic rings. The second kappa shape index (κ2) is 15.8. The number of hydrogen-bond acceptors (Lipinski definition) is 7. The summed E-state index contributed by atoms with van der Waals surface area (Å²) in [6.45, 7) is 6.03. The van der Waals surface area contributed by atoms with Gasteiger partial charge in [-0.15, -0.1) is 0 Å². The van der Waals surface area contributed by atoms with Gasteiger partial charge < -0.3 is 21.5 Å². The second-order valence-corrected chi connectivity index (χ2v) is 10.6. The van der Waals surface area contributed by atoms with E-state index in [-0.39, 0.29) is 36.3 Å². The highest BCUT2D eigenvalue weighted by Crippen LogP contribution is 2.27. The van der Waals surface area contributed by atoms with Crippen molar-refractivity contribution < 1.29 is 29.1 Å². The van der Waals surface area contributed by atoms with E-state index in [1.54, 1.807) is 17.6 Å². The Morgan fingerprint density at radius 1 is 1.21 bits per heavy atom. The van der Waals surface area contributed by atoms with Gasteiger partial charge in [-0.05, 0) is 69.1 Å². The van der Waals surface area contributed by atoms with Crippen LogP contribution in [-0.2, 0) is 25.6 Å². The molecule has 0 spiro atoms. The molecule has 11 nitrogen and oxygen atoms in total. The number of ether oxygens (including phenoxy) is 1. The fourth-order valence-electron chi connectivity index (χ4n) is 4.91. The number of benzene rings is 1. The van der Waals surface area contributed by atoms with Crippen molar-refractivity contribution in [1.82, 2.24) is 10.8 Å². The molecule has 216 valence electrons. The summed E-state index contributed by atoms with van der Waals surface area (Å²) in [5.74, 6) is -2.88. The summed E-state index contributed by atoms with van der Waals surface area (Å²) >= 11 is 0. The molecule has 0 unspecified atom stereocenters. The van der Waals surface area contributed by atoms with Crippen LogP contribution in [0.5, 0.6) is 5.75 Å². The van der Waals surface area contributed by atoms with Gasteiger partial charge >= 0.3 is 0 Å². The minimum absolute atomic E-state index is 0.0338. The number of carbonyl (C=O) groups is 4. The molecular weight excluding hydrogens is 502 g/mol. The van der Waals surface area contributed by atoms with Crippen molar-refractivity contribution in [3.8, 4) is 5.75 Å². The van der Waals surface area contributed by atoms with E-state index in [4.69, 9.17) is 16.2 Å². The molecule has 1 aromatic rings. The smallest absolute Gasteiger partial charge is 0.247 e. The van der Waals surface area contributed by atoms with Gasteiger partial charge in [0.2, 0.25) is 11.8 Å². The molecule has 4 atom stereocenters. The van der Waals surface area contributed by atoms with Crippen molar-refractivity contribution in [3.05, 3.63) is 29.8 Å². The van der Waals surface area contributed by atoms with E-state index >= 15 is 0 Å². The molecule has 1 aromatic carbocycles. The molecule has 2 bridgehead atoms. The maximum Gasteiger partial charge on any atom is 0.247 e. The number of guanidine groups is 1. The van der Waals surface area contributed by atoms with Crippen molar-refractivity contribution >= 4 is 29.3 Å². The zero-order chi connectivity index (χ0) is 28.9. The third-order valence-electron chi connectivity index (χ3n) is 7.02. The van der Waals surface area contributed by atoms with Crippen molar-refractivity contribution in [3.63, 3.8) is 0 Å². The van der Waals surface area contributed by atoms with E-state index in [1.807, 2.05) is 26.0 Å². The van der Waals surface area contributed by atoms with Crippen molar-refractivity contribution in [2.75, 3.05) is 13.2 Å². The van der Waals surface area contributed by atoms with Crippen molar-refractivity contribution in [1.29, 1.82) is 0 Å². The molecule has 3 rings (SSSR count). The lowest BCUT2D eigenvalue weighted by Crippen LogP contribution is -2.49. The maximum atomic E-state index is 13.7. The minimum atomic E-state index is -0.903. The lowest BCUT2D eigenvalue weighted by Gasteiger charge is -2.29. The highest BCUT2D eigenvalue weighted by molar-refractivity contribution is 5.94. The Balaban J connectivity index is 2.35. The molecular formula is C28H43N5O6. The van der Waals surface area contributed by atoms with Crippen LogP contribution in [0.15, 0.2) is 29.3 Å². The van der Waals surface area contributed by atoms with Gasteiger partial charge in [-0.25, -0.2) is 5.48 Å². The zero-order valence-electron chi connectivity index (χ0n) is 23.2. The SMILES string of the molecule is CC(=O)[C@H](CCCN=C(N)N)CC(=O)[C@@H]1Cc2ccc(cc2)OCCC[C@H](C(=O)NO)[C@@H](CC(C)C)C(=O)N1. The molecule has 2 aliphatic heterocycles. The van der Waals surface area contributed by atoms with Crippen LogP contribution >= 0.6 is 0 Å². The summed E-state index contributed by atoms with van der Waals surface area (Å²) in [4.78, 5) is 56.1. The van der Waals surface area contributed by atoms with Crippen LogP contribution in [0.2, 0.25) is 0 Å². The standard InChI is InChI=1S/C28H43N5O6/c1-17(2)14-23-22(27(37)33-38)7-5-13-39-21-10-8-19(9-11-21)15-24(32-26(23)36)25(35)16-20(18(3)34)6-4-12-31-28(29)30/h8-11,17,20,22-24,38H,4-7,12-16H2,1-3H3,(H,32,36)(H,33,37)(H4,29,30,31)/t20-,22+,23-,24+/m1/s1. The monoisotopic (exact) mass is 545 g/mol. The summed E-state index contributed by atoms with van der Waals surface area (Å²) in [5.41, 5.74) is 13.2. The number of nitrogens with one attached hydrogen (secondary N) is 2. The summed E-state index contributed by atoms with van der Waals surface area (Å²) < 4.78 is 5.80. The average molecular weight is 546 g/mol. The lowest BCUT2D eigenvalue weighted by molar-refractivity contribution is -0.142. The molecule has 0 saturated heterocycles. The first kappa shape index (κ1) is 31.7. The van der Waals surface area contributed by atoms with Crippen LogP contribution in [0.1, 0.15) is 64.9 Å². The predicted octanol–water partition coefficient (Wildman–Crippen LogP) is 1.89. The van der Waals surface area contributed by atoms with Gasteiger partial charge in [-0.1, -0.05) is 26.0 Å². The Labute approximate surface area is 230 Å². The average Bonchev–Trinajstić information content (AvgIpc) is 2.88. The molecule has 0 aliphatic carbocycles. The Morgan fingerprint density at radius 2 is 1.90 bits per heavy atom. The molecule has 2 amide bonds. The number of nitrogens with zero attached hydrogens (tertiary/aromatic N) is 1. The topological polar surface area (TPSA) is 186 Å². The Kier molecular flexibility index (Phi) is 12.9. The molecule has 39 heavy (non-hydrogen) atoms. The summed E-state index contributed by atoms with van der Waals surface area (Å²) in [7, 11) is 0. The number of rotatable bonds is 11. The van der Waals surface area contributed by atoms with E-state index in [1.165, 1.54) is 6.92 Å². The predicted molar refractivity (Wildman–Crippen MR) is 147 cm³/mol. The molecule has 11 heteroatoms. The van der Waals surface area contributed by atoms with Crippen molar-refractivity contribution in [2.45, 2.75) is 71.8 Å². The number of hydrogen-bond donors (Lipinski definition) is 5. The molecule has 0 fully saturated rings. The largest absolute Gasteiger partial charge is 0.494 e. The minimum Gasteiger partial charge on any atom is -0.494 e. The van der Waals surface area contributed by atoms with E-state index in [2.05, 4.69) is 10.3 Å². The van der Waals surface area contributed by atoms with Gasteiger partial charge in [0.25, 0.3) is 0 Å². The Bertz CT molecular complexity index is 1010. The molecule has 0 aromatic heterocycles. The van der Waals surface area contributed by atoms with Crippen LogP contribution in [0.25, 0.3) is 0 Å². The molecule has 0 radical (unpaired) electrons. The van der Waals surface area contributed by atoms with Gasteiger partial charge in [0.1, 0.15) is 11.5 Å². The summed E-state index contributed by atoms with van der Waals surface area (Å²) in [6, 6.07) is 6.38. The molecule has 7 N–H and O–H groups in total. The first-order valence-corrected chi connectivity index (χ1v) is 13.6. The molecule has 2 heterocycles. The number of hydroxylamine groups is 1. The summed E-state index contributed by atoms with van der Waals surface area (Å²) in [6.07, 6.45) is 2.33. The van der Waals surface area contributed by atoms with Crippen LogP contribution in [0, 0.1) is 23.7 Å². The van der Waals surface area contributed by atoms with Crippen LogP contribution < -0.4 is 27.0 Å². The van der Waals surface area contributed by atoms with Gasteiger partial charge in [0.05, 0.1) is 18.6 Å². The number of ketones is 2. The third-order valence-corrected chi connectivity index (χ3v) is 7.02. The lowest BCUT2D eigenvalue weighted by atomic mass is 9.81. The van der Waals surface area contributed by atoms with Crippen molar-refractivity contribution in [2.24, 2.45) is 40.1 Å². The van der Waals surface area contributed by atoms with Crippen LogP contribution in [0.4, 0.5) is 0 Å². The number of Topliss-reactive ketones (excluding diaryl/α,β-unsaturated/α-hetero) is 2. The molecule has 0 saturated carbocycles. The van der Waals surface area contributed by atoms with E-state index in [9.17, 15) is 24.4 Å². The first-order valence-electron chi connectivity index (χ1n) is 13.6. The Morgan fingerprint density at radius 3 is 2.49 bits per heavy atom. The zero-order valence-corrected chi connectivity index (χ0v) is 23.2. The van der Waals surface area contributed by atoms with Gasteiger partial charge in [0.15, 0.2) is 11.7 Å². The number of amides is 2. The maximum absolute atomic E-state index is 13.7. The summed E-state index contributed by atoms with van der Waals surface area (Å²) in [5, 5.41) is 12.3. The van der Waals surface area contributed by atoms with Crippen LogP contribution in [0.3, 0.4) is 0 Å².